The Morgan fingerprint density at radius 1 is 1.06 bits per heavy atom. The third-order valence-electron chi connectivity index (χ3n) is 4.18. The van der Waals surface area contributed by atoms with Gasteiger partial charge in [0.25, 0.3) is 0 Å². The summed E-state index contributed by atoms with van der Waals surface area (Å²) in [7, 11) is 0. The lowest BCUT2D eigenvalue weighted by atomic mass is 10.2. The lowest BCUT2D eigenvalue weighted by molar-refractivity contribution is 0.0497. The van der Waals surface area contributed by atoms with Gasteiger partial charge >= 0.3 is 0 Å². The highest BCUT2D eigenvalue weighted by atomic mass is 127. The minimum Gasteiger partial charge on any atom is -0.444 e. The molecule has 0 aliphatic heterocycles. The van der Waals surface area contributed by atoms with E-state index in [2.05, 4.69) is 27.5 Å². The molecule has 0 radical (unpaired) electrons. The topological polar surface area (TPSA) is 80.9 Å². The van der Waals surface area contributed by atoms with Crippen molar-refractivity contribution >= 4 is 29.9 Å². The van der Waals surface area contributed by atoms with Crippen LogP contribution in [0.5, 0.6) is 0 Å². The average molecular weight is 548 g/mol. The number of nitrogens with zero attached hydrogens (tertiary/aromatic N) is 2. The third kappa shape index (κ3) is 11.5. The SMILES string of the molecule is CCCCOCCOCCN=C(NCC)NCCc1coc(-c2ccc(F)cc2)n1.I. The maximum absolute atomic E-state index is 13.0. The van der Waals surface area contributed by atoms with Crippen LogP contribution in [-0.4, -0.2) is 57.0 Å². The largest absolute Gasteiger partial charge is 0.444 e. The van der Waals surface area contributed by atoms with Crippen LogP contribution in [0.15, 0.2) is 39.9 Å². The van der Waals surface area contributed by atoms with Crippen LogP contribution < -0.4 is 10.6 Å². The van der Waals surface area contributed by atoms with E-state index in [1.54, 1.807) is 18.4 Å². The predicted octanol–water partition coefficient (Wildman–Crippen LogP) is 4.03. The van der Waals surface area contributed by atoms with Gasteiger partial charge in [0.2, 0.25) is 5.89 Å². The summed E-state index contributed by atoms with van der Waals surface area (Å²) in [6, 6.07) is 6.09. The summed E-state index contributed by atoms with van der Waals surface area (Å²) in [4.78, 5) is 8.96. The molecule has 0 fully saturated rings. The van der Waals surface area contributed by atoms with Gasteiger partial charge in [-0.05, 0) is 37.6 Å². The first-order valence-corrected chi connectivity index (χ1v) is 10.6. The summed E-state index contributed by atoms with van der Waals surface area (Å²) in [5, 5.41) is 6.49. The van der Waals surface area contributed by atoms with Crippen molar-refractivity contribution in [1.29, 1.82) is 0 Å². The Bertz CT molecular complexity index is 741. The number of guanidine groups is 1. The van der Waals surface area contributed by atoms with Gasteiger partial charge < -0.3 is 24.5 Å². The van der Waals surface area contributed by atoms with E-state index in [4.69, 9.17) is 13.9 Å². The Morgan fingerprint density at radius 2 is 1.81 bits per heavy atom. The highest BCUT2D eigenvalue weighted by molar-refractivity contribution is 14.0. The summed E-state index contributed by atoms with van der Waals surface area (Å²) in [5.74, 6) is 0.944. The van der Waals surface area contributed by atoms with Crippen LogP contribution in [-0.2, 0) is 15.9 Å². The monoisotopic (exact) mass is 548 g/mol. The Balaban J connectivity index is 0.00000480. The van der Waals surface area contributed by atoms with Crippen LogP contribution in [0.1, 0.15) is 32.4 Å². The zero-order valence-corrected chi connectivity index (χ0v) is 20.7. The smallest absolute Gasteiger partial charge is 0.226 e. The van der Waals surface area contributed by atoms with Gasteiger partial charge in [0.1, 0.15) is 12.1 Å². The van der Waals surface area contributed by atoms with Crippen LogP contribution in [0.4, 0.5) is 4.39 Å². The molecule has 0 bridgehead atoms. The van der Waals surface area contributed by atoms with Crippen LogP contribution >= 0.6 is 24.0 Å². The van der Waals surface area contributed by atoms with Crippen molar-refractivity contribution in [2.45, 2.75) is 33.1 Å². The molecular formula is C22H34FIN4O3. The van der Waals surface area contributed by atoms with Crippen molar-refractivity contribution in [1.82, 2.24) is 15.6 Å². The number of unbranched alkanes of at least 4 members (excludes halogenated alkanes) is 1. The molecule has 7 nitrogen and oxygen atoms in total. The molecule has 0 unspecified atom stereocenters. The van der Waals surface area contributed by atoms with Gasteiger partial charge in [-0.15, -0.1) is 24.0 Å². The number of hydrogen-bond acceptors (Lipinski definition) is 5. The van der Waals surface area contributed by atoms with Gasteiger partial charge in [0.05, 0.1) is 32.1 Å². The first kappa shape index (κ1) is 27.3. The van der Waals surface area contributed by atoms with Gasteiger partial charge in [-0.3, -0.25) is 4.99 Å². The normalized spacial score (nSPS) is 11.3. The van der Waals surface area contributed by atoms with Crippen molar-refractivity contribution in [2.75, 3.05) is 46.1 Å². The fourth-order valence-electron chi connectivity index (χ4n) is 2.59. The zero-order valence-electron chi connectivity index (χ0n) is 18.4. The Morgan fingerprint density at radius 3 is 2.52 bits per heavy atom. The first-order chi connectivity index (χ1) is 14.7. The molecule has 1 heterocycles. The number of aromatic nitrogens is 1. The molecule has 2 rings (SSSR count). The van der Waals surface area contributed by atoms with Gasteiger partial charge in [-0.1, -0.05) is 13.3 Å². The molecule has 0 aliphatic rings. The minimum absolute atomic E-state index is 0. The maximum atomic E-state index is 13.0. The molecule has 2 N–H and O–H groups in total. The molecule has 1 aromatic heterocycles. The molecule has 0 aliphatic carbocycles. The molecule has 0 saturated carbocycles. The quantitative estimate of drug-likeness (QED) is 0.161. The fraction of sp³-hybridized carbons (Fsp3) is 0.545. The molecule has 0 amide bonds. The molecule has 31 heavy (non-hydrogen) atoms. The van der Waals surface area contributed by atoms with Gasteiger partial charge in [0.15, 0.2) is 5.96 Å². The second-order valence-corrected chi connectivity index (χ2v) is 6.67. The zero-order chi connectivity index (χ0) is 21.4. The van der Waals surface area contributed by atoms with Crippen molar-refractivity contribution in [3.8, 4) is 11.5 Å². The molecule has 9 heteroatoms. The Labute approximate surface area is 201 Å². The van der Waals surface area contributed by atoms with Gasteiger partial charge in [-0.25, -0.2) is 9.37 Å². The lowest BCUT2D eigenvalue weighted by Crippen LogP contribution is -2.38. The number of rotatable bonds is 14. The Kier molecular flexibility index (Phi) is 14.9. The molecule has 0 spiro atoms. The van der Waals surface area contributed by atoms with Crippen LogP contribution in [0.2, 0.25) is 0 Å². The number of aliphatic imine (C=N–C) groups is 1. The summed E-state index contributed by atoms with van der Waals surface area (Å²) < 4.78 is 29.5. The number of benzene rings is 1. The van der Waals surface area contributed by atoms with Crippen molar-refractivity contribution in [3.63, 3.8) is 0 Å². The second-order valence-electron chi connectivity index (χ2n) is 6.67. The molecule has 0 saturated heterocycles. The third-order valence-corrected chi connectivity index (χ3v) is 4.18. The van der Waals surface area contributed by atoms with Crippen LogP contribution in [0.25, 0.3) is 11.5 Å². The van der Waals surface area contributed by atoms with E-state index >= 15 is 0 Å². The lowest BCUT2D eigenvalue weighted by Gasteiger charge is -2.10. The second kappa shape index (κ2) is 16.9. The van der Waals surface area contributed by atoms with E-state index < -0.39 is 0 Å². The molecule has 1 aromatic carbocycles. The number of oxazole rings is 1. The standard InChI is InChI=1S/C22H33FN4O3.HI/c1-3-5-13-28-15-16-29-14-12-26-22(24-4-2)25-11-10-20-17-30-21(27-20)18-6-8-19(23)9-7-18;/h6-9,17H,3-5,10-16H2,1-2H3,(H2,24,25,26);1H. The van der Waals surface area contributed by atoms with E-state index in [1.807, 2.05) is 6.92 Å². The number of nitrogens with one attached hydrogen (secondary N) is 2. The fourth-order valence-corrected chi connectivity index (χ4v) is 2.59. The van der Waals surface area contributed by atoms with E-state index in [1.165, 1.54) is 12.1 Å². The maximum Gasteiger partial charge on any atom is 0.226 e. The molecule has 2 aromatic rings. The molecule has 174 valence electrons. The van der Waals surface area contributed by atoms with Crippen molar-refractivity contribution in [2.24, 2.45) is 4.99 Å². The summed E-state index contributed by atoms with van der Waals surface area (Å²) in [6.07, 6.45) is 4.54. The van der Waals surface area contributed by atoms with E-state index in [0.717, 1.165) is 43.2 Å². The molecule has 0 atom stereocenters. The minimum atomic E-state index is -0.282. The first-order valence-electron chi connectivity index (χ1n) is 10.6. The highest BCUT2D eigenvalue weighted by Crippen LogP contribution is 2.18. The highest BCUT2D eigenvalue weighted by Gasteiger charge is 2.07. The summed E-state index contributed by atoms with van der Waals surface area (Å²) in [5.41, 5.74) is 1.57. The van der Waals surface area contributed by atoms with E-state index in [9.17, 15) is 4.39 Å². The van der Waals surface area contributed by atoms with Gasteiger partial charge in [0, 0.05) is 31.7 Å². The summed E-state index contributed by atoms with van der Waals surface area (Å²) >= 11 is 0. The Hall–Kier alpha value is -1.72. The van der Waals surface area contributed by atoms with Crippen LogP contribution in [0.3, 0.4) is 0 Å². The van der Waals surface area contributed by atoms with E-state index in [0.29, 0.717) is 45.2 Å². The molecular weight excluding hydrogens is 514 g/mol. The van der Waals surface area contributed by atoms with Crippen molar-refractivity contribution < 1.29 is 18.3 Å². The number of ether oxygens (including phenoxy) is 2. The van der Waals surface area contributed by atoms with Crippen molar-refractivity contribution in [3.05, 3.63) is 42.0 Å². The van der Waals surface area contributed by atoms with Crippen LogP contribution in [0, 0.1) is 5.82 Å². The number of hydrogen-bond donors (Lipinski definition) is 2. The van der Waals surface area contributed by atoms with E-state index in [-0.39, 0.29) is 29.8 Å². The van der Waals surface area contributed by atoms with Gasteiger partial charge in [-0.2, -0.15) is 0 Å². The average Bonchev–Trinajstić information content (AvgIpc) is 3.22. The number of halogens is 2. The summed E-state index contributed by atoms with van der Waals surface area (Å²) in [6.45, 7) is 8.73. The predicted molar refractivity (Wildman–Crippen MR) is 132 cm³/mol.